The maximum absolute atomic E-state index is 6.21. The normalized spacial score (nSPS) is 13.5. The lowest BCUT2D eigenvalue weighted by Gasteiger charge is -2.13. The first-order chi connectivity index (χ1) is 12.7. The summed E-state index contributed by atoms with van der Waals surface area (Å²) in [7, 11) is 3.71. The van der Waals surface area contributed by atoms with Gasteiger partial charge in [-0.1, -0.05) is 82.3 Å². The second-order valence-electron chi connectivity index (χ2n) is 6.09. The lowest BCUT2D eigenvalue weighted by atomic mass is 10.2. The lowest BCUT2D eigenvalue weighted by molar-refractivity contribution is 0.859. The number of thioether (sulfide) groups is 2. The number of nitrogens with two attached hydrogens (primary N) is 2. The molecule has 6 heteroatoms. The molecule has 0 fully saturated rings. The van der Waals surface area contributed by atoms with E-state index in [2.05, 4.69) is 60.7 Å². The van der Waals surface area contributed by atoms with Gasteiger partial charge in [-0.2, -0.15) is 23.5 Å². The molecule has 4 N–H and O–H groups in total. The Morgan fingerprint density at radius 2 is 0.962 bits per heavy atom. The van der Waals surface area contributed by atoms with Gasteiger partial charge in [0.15, 0.2) is 0 Å². The summed E-state index contributed by atoms with van der Waals surface area (Å²) in [6.07, 6.45) is 0. The predicted octanol–water partition coefficient (Wildman–Crippen LogP) is 4.89. The van der Waals surface area contributed by atoms with Crippen LogP contribution >= 0.6 is 45.1 Å². The third-order valence-electron chi connectivity index (χ3n) is 3.53. The molecule has 142 valence electrons. The van der Waals surface area contributed by atoms with E-state index in [0.29, 0.717) is 0 Å². The Morgan fingerprint density at radius 1 is 0.577 bits per heavy atom. The van der Waals surface area contributed by atoms with Crippen molar-refractivity contribution in [1.29, 1.82) is 0 Å². The summed E-state index contributed by atoms with van der Waals surface area (Å²) in [6, 6.07) is 21.6. The Labute approximate surface area is 174 Å². The van der Waals surface area contributed by atoms with Crippen LogP contribution in [0.4, 0.5) is 0 Å². The van der Waals surface area contributed by atoms with Crippen molar-refractivity contribution in [3.05, 3.63) is 71.8 Å². The molecule has 0 radical (unpaired) electrons. The van der Waals surface area contributed by atoms with Crippen molar-refractivity contribution in [3.63, 3.8) is 0 Å². The third-order valence-corrected chi connectivity index (χ3v) is 8.55. The maximum atomic E-state index is 6.21. The first kappa shape index (κ1) is 22.1. The first-order valence-electron chi connectivity index (χ1n) is 8.73. The van der Waals surface area contributed by atoms with E-state index in [1.165, 1.54) is 11.1 Å². The second kappa shape index (κ2) is 13.9. The highest BCUT2D eigenvalue weighted by molar-refractivity contribution is 8.76. The molecule has 0 spiro atoms. The average Bonchev–Trinajstić information content (AvgIpc) is 2.67. The molecule has 0 unspecified atom stereocenters. The zero-order chi connectivity index (χ0) is 18.5. The van der Waals surface area contributed by atoms with E-state index in [9.17, 15) is 0 Å². The zero-order valence-electron chi connectivity index (χ0n) is 15.0. The maximum Gasteiger partial charge on any atom is 0.0230 e. The summed E-state index contributed by atoms with van der Waals surface area (Å²) in [4.78, 5) is 0. The van der Waals surface area contributed by atoms with Crippen molar-refractivity contribution in [2.45, 2.75) is 23.6 Å². The van der Waals surface area contributed by atoms with Crippen LogP contribution in [0.1, 0.15) is 11.1 Å². The lowest BCUT2D eigenvalue weighted by Crippen LogP contribution is -2.27. The molecule has 0 saturated heterocycles. The average molecular weight is 425 g/mol. The topological polar surface area (TPSA) is 52.0 Å². The molecule has 2 aromatic carbocycles. The number of rotatable bonds is 13. The van der Waals surface area contributed by atoms with Crippen LogP contribution in [0.25, 0.3) is 0 Å². The van der Waals surface area contributed by atoms with Crippen molar-refractivity contribution >= 4 is 45.1 Å². The van der Waals surface area contributed by atoms with Crippen molar-refractivity contribution in [2.24, 2.45) is 11.5 Å². The van der Waals surface area contributed by atoms with E-state index in [0.717, 1.165) is 34.5 Å². The summed E-state index contributed by atoms with van der Waals surface area (Å²) in [5.74, 6) is 6.04. The zero-order valence-corrected chi connectivity index (χ0v) is 18.2. The van der Waals surface area contributed by atoms with Crippen LogP contribution in [0.15, 0.2) is 60.7 Å². The van der Waals surface area contributed by atoms with Crippen LogP contribution in [0.5, 0.6) is 0 Å². The molecule has 26 heavy (non-hydrogen) atoms. The Kier molecular flexibility index (Phi) is 11.8. The van der Waals surface area contributed by atoms with E-state index in [1.54, 1.807) is 0 Å². The quantitative estimate of drug-likeness (QED) is 0.353. The van der Waals surface area contributed by atoms with Crippen molar-refractivity contribution in [1.82, 2.24) is 0 Å². The second-order valence-corrected chi connectivity index (χ2v) is 10.7. The molecule has 0 saturated carbocycles. The van der Waals surface area contributed by atoms with Gasteiger partial charge in [0.2, 0.25) is 0 Å². The van der Waals surface area contributed by atoms with Gasteiger partial charge >= 0.3 is 0 Å². The molecule has 0 aromatic heterocycles. The summed E-state index contributed by atoms with van der Waals surface area (Å²) in [6.45, 7) is 0. The fraction of sp³-hybridized carbons (Fsp3) is 0.400. The van der Waals surface area contributed by atoms with Crippen LogP contribution in [0.2, 0.25) is 0 Å². The van der Waals surface area contributed by atoms with Gasteiger partial charge in [0, 0.05) is 46.6 Å². The molecule has 0 aliphatic rings. The molecule has 0 aliphatic carbocycles. The standard InChI is InChI=1S/C20H28N2S4/c21-19(13-23-11-17-7-3-1-4-8-17)15-25-26-16-20(22)14-24-12-18-9-5-2-6-10-18/h1-10,19-20H,11-16,21-22H2/t19-,20+. The fourth-order valence-corrected chi connectivity index (χ4v) is 6.81. The van der Waals surface area contributed by atoms with E-state index >= 15 is 0 Å². The minimum atomic E-state index is 0.241. The summed E-state index contributed by atoms with van der Waals surface area (Å²) >= 11 is 3.82. The Balaban J connectivity index is 1.44. The van der Waals surface area contributed by atoms with Crippen LogP contribution in [-0.4, -0.2) is 35.1 Å². The largest absolute Gasteiger partial charge is 0.326 e. The van der Waals surface area contributed by atoms with Crippen LogP contribution in [0, 0.1) is 0 Å². The molecule has 0 amide bonds. The van der Waals surface area contributed by atoms with Crippen LogP contribution < -0.4 is 11.5 Å². The van der Waals surface area contributed by atoms with Crippen molar-refractivity contribution in [3.8, 4) is 0 Å². The SMILES string of the molecule is N[C@H](CSCc1ccccc1)CSSC[C@@H](N)CSCc1ccccc1. The van der Waals surface area contributed by atoms with Gasteiger partial charge in [0.05, 0.1) is 0 Å². The van der Waals surface area contributed by atoms with Crippen LogP contribution in [0.3, 0.4) is 0 Å². The minimum absolute atomic E-state index is 0.241. The Morgan fingerprint density at radius 3 is 1.35 bits per heavy atom. The number of hydrogen-bond donors (Lipinski definition) is 2. The predicted molar refractivity (Wildman–Crippen MR) is 126 cm³/mol. The van der Waals surface area contributed by atoms with Gasteiger partial charge in [0.25, 0.3) is 0 Å². The van der Waals surface area contributed by atoms with E-state index < -0.39 is 0 Å². The van der Waals surface area contributed by atoms with Gasteiger partial charge < -0.3 is 11.5 Å². The highest BCUT2D eigenvalue weighted by Crippen LogP contribution is 2.24. The fourth-order valence-electron chi connectivity index (χ4n) is 2.17. The minimum Gasteiger partial charge on any atom is -0.326 e. The van der Waals surface area contributed by atoms with Crippen LogP contribution in [-0.2, 0) is 11.5 Å². The summed E-state index contributed by atoms with van der Waals surface area (Å²) in [5.41, 5.74) is 15.2. The van der Waals surface area contributed by atoms with Gasteiger partial charge in [-0.25, -0.2) is 0 Å². The summed E-state index contributed by atoms with van der Waals surface area (Å²) in [5, 5.41) is 0. The molecule has 0 heterocycles. The Hall–Kier alpha value is -0.240. The molecule has 2 atom stereocenters. The van der Waals surface area contributed by atoms with E-state index in [4.69, 9.17) is 11.5 Å². The highest BCUT2D eigenvalue weighted by atomic mass is 33.1. The molecule has 0 aliphatic heterocycles. The number of benzene rings is 2. The molecular formula is C20H28N2S4. The molecule has 2 nitrogen and oxygen atoms in total. The van der Waals surface area contributed by atoms with Gasteiger partial charge in [-0.05, 0) is 11.1 Å². The molecule has 2 rings (SSSR count). The number of hydrogen-bond acceptors (Lipinski definition) is 6. The molecular weight excluding hydrogens is 397 g/mol. The Bertz CT molecular complexity index is 529. The monoisotopic (exact) mass is 424 g/mol. The first-order valence-corrected chi connectivity index (χ1v) is 13.5. The van der Waals surface area contributed by atoms with E-state index in [1.807, 2.05) is 45.1 Å². The third kappa shape index (κ3) is 10.2. The van der Waals surface area contributed by atoms with Gasteiger partial charge in [0.1, 0.15) is 0 Å². The van der Waals surface area contributed by atoms with Crippen molar-refractivity contribution < 1.29 is 0 Å². The van der Waals surface area contributed by atoms with Gasteiger partial charge in [-0.15, -0.1) is 0 Å². The van der Waals surface area contributed by atoms with Gasteiger partial charge in [-0.3, -0.25) is 0 Å². The summed E-state index contributed by atoms with van der Waals surface area (Å²) < 4.78 is 0. The molecule has 2 aromatic rings. The highest BCUT2D eigenvalue weighted by Gasteiger charge is 2.07. The van der Waals surface area contributed by atoms with E-state index in [-0.39, 0.29) is 12.1 Å². The van der Waals surface area contributed by atoms with Crippen molar-refractivity contribution in [2.75, 3.05) is 23.0 Å². The smallest absolute Gasteiger partial charge is 0.0230 e. The molecule has 0 bridgehead atoms.